The molecule has 2 aliphatic rings. The molecule has 0 saturated carbocycles. The molecule has 132 valence electrons. The molecule has 2 aromatic rings. The van der Waals surface area contributed by atoms with Gasteiger partial charge in [-0.3, -0.25) is 9.78 Å². The number of nitrogens with zero attached hydrogens (tertiary/aromatic N) is 4. The van der Waals surface area contributed by atoms with E-state index in [0.29, 0.717) is 31.4 Å². The van der Waals surface area contributed by atoms with Crippen molar-refractivity contribution in [2.45, 2.75) is 38.2 Å². The van der Waals surface area contributed by atoms with Crippen molar-refractivity contribution >= 4 is 5.91 Å². The van der Waals surface area contributed by atoms with Gasteiger partial charge in [-0.05, 0) is 25.0 Å². The normalized spacial score (nSPS) is 26.3. The van der Waals surface area contributed by atoms with Crippen LogP contribution >= 0.6 is 0 Å². The summed E-state index contributed by atoms with van der Waals surface area (Å²) >= 11 is 0. The fraction of sp³-hybridized carbons (Fsp3) is 0.556. The van der Waals surface area contributed by atoms with Gasteiger partial charge < -0.3 is 14.1 Å². The van der Waals surface area contributed by atoms with Gasteiger partial charge in [0.25, 0.3) is 0 Å². The summed E-state index contributed by atoms with van der Waals surface area (Å²) in [6.07, 6.45) is 3.92. The van der Waals surface area contributed by atoms with E-state index in [-0.39, 0.29) is 23.8 Å². The number of likely N-dealkylation sites (tertiary alicyclic amines) is 1. The van der Waals surface area contributed by atoms with Crippen molar-refractivity contribution in [3.8, 4) is 0 Å². The minimum absolute atomic E-state index is 0.114. The molecular formula is C18H22N4O3. The first-order chi connectivity index (χ1) is 12.2. The van der Waals surface area contributed by atoms with Crippen molar-refractivity contribution < 1.29 is 13.9 Å². The molecule has 1 amide bonds. The summed E-state index contributed by atoms with van der Waals surface area (Å²) in [6, 6.07) is 5.65. The maximum atomic E-state index is 12.7. The average molecular weight is 342 g/mol. The molecule has 0 unspecified atom stereocenters. The number of piperidine rings is 1. The minimum Gasteiger partial charge on any atom is -0.425 e. The molecule has 0 spiro atoms. The van der Waals surface area contributed by atoms with Gasteiger partial charge in [0.15, 0.2) is 0 Å². The maximum Gasteiger partial charge on any atom is 0.228 e. The number of carbonyl (C=O) groups is 1. The van der Waals surface area contributed by atoms with E-state index >= 15 is 0 Å². The number of carbonyl (C=O) groups excluding carboxylic acids is 1. The summed E-state index contributed by atoms with van der Waals surface area (Å²) in [6.45, 7) is 3.90. The molecule has 2 fully saturated rings. The van der Waals surface area contributed by atoms with Gasteiger partial charge in [0.1, 0.15) is 0 Å². The summed E-state index contributed by atoms with van der Waals surface area (Å²) in [7, 11) is 0. The van der Waals surface area contributed by atoms with Gasteiger partial charge in [-0.25, -0.2) is 0 Å². The molecule has 4 rings (SSSR count). The Morgan fingerprint density at radius 3 is 3.00 bits per heavy atom. The fourth-order valence-corrected chi connectivity index (χ4v) is 3.88. The van der Waals surface area contributed by atoms with Gasteiger partial charge in [0.2, 0.25) is 17.7 Å². The van der Waals surface area contributed by atoms with Crippen LogP contribution < -0.4 is 0 Å². The smallest absolute Gasteiger partial charge is 0.228 e. The van der Waals surface area contributed by atoms with E-state index < -0.39 is 0 Å². The largest absolute Gasteiger partial charge is 0.425 e. The lowest BCUT2D eigenvalue weighted by molar-refractivity contribution is -0.139. The third-order valence-corrected chi connectivity index (χ3v) is 5.14. The van der Waals surface area contributed by atoms with E-state index in [9.17, 15) is 4.79 Å². The maximum absolute atomic E-state index is 12.7. The van der Waals surface area contributed by atoms with Crippen molar-refractivity contribution in [1.82, 2.24) is 20.1 Å². The molecule has 4 heterocycles. The van der Waals surface area contributed by atoms with Crippen LogP contribution in [-0.2, 0) is 16.0 Å². The highest BCUT2D eigenvalue weighted by Gasteiger charge is 2.42. The predicted octanol–water partition coefficient (Wildman–Crippen LogP) is 1.74. The Kier molecular flexibility index (Phi) is 4.48. The monoisotopic (exact) mass is 342 g/mol. The third-order valence-electron chi connectivity index (χ3n) is 5.14. The predicted molar refractivity (Wildman–Crippen MR) is 88.8 cm³/mol. The molecule has 7 nitrogen and oxygen atoms in total. The Morgan fingerprint density at radius 1 is 1.32 bits per heavy atom. The lowest BCUT2D eigenvalue weighted by Crippen LogP contribution is -2.51. The van der Waals surface area contributed by atoms with E-state index in [0.717, 1.165) is 25.1 Å². The number of pyridine rings is 1. The van der Waals surface area contributed by atoms with Crippen LogP contribution in [0.1, 0.15) is 36.2 Å². The Morgan fingerprint density at radius 2 is 2.24 bits per heavy atom. The Labute approximate surface area is 146 Å². The van der Waals surface area contributed by atoms with Crippen LogP contribution in [0.5, 0.6) is 0 Å². The van der Waals surface area contributed by atoms with E-state index in [2.05, 4.69) is 15.2 Å². The number of aromatic nitrogens is 3. The van der Waals surface area contributed by atoms with Gasteiger partial charge in [0.05, 0.1) is 12.5 Å². The Balaban J connectivity index is 1.47. The zero-order chi connectivity index (χ0) is 17.2. The second kappa shape index (κ2) is 6.92. The van der Waals surface area contributed by atoms with Crippen LogP contribution in [0.4, 0.5) is 0 Å². The minimum atomic E-state index is 0.114. The second-order valence-electron chi connectivity index (χ2n) is 6.75. The molecule has 25 heavy (non-hydrogen) atoms. The SMILES string of the molecule is Cc1nnc([C@@H]2CCO[C@@H]3CCN(C(=O)Cc4ccccn4)C[C@@H]32)o1. The number of aryl methyl sites for hydroxylation is 1. The topological polar surface area (TPSA) is 81.4 Å². The van der Waals surface area contributed by atoms with Crippen LogP contribution in [0.2, 0.25) is 0 Å². The highest BCUT2D eigenvalue weighted by atomic mass is 16.5. The number of hydrogen-bond donors (Lipinski definition) is 0. The van der Waals surface area contributed by atoms with Crippen molar-refractivity contribution in [2.75, 3.05) is 19.7 Å². The van der Waals surface area contributed by atoms with Crippen molar-refractivity contribution in [3.63, 3.8) is 0 Å². The highest BCUT2D eigenvalue weighted by molar-refractivity contribution is 5.78. The quantitative estimate of drug-likeness (QED) is 0.845. The molecule has 3 atom stereocenters. The van der Waals surface area contributed by atoms with Crippen molar-refractivity contribution in [1.29, 1.82) is 0 Å². The van der Waals surface area contributed by atoms with Crippen molar-refractivity contribution in [2.24, 2.45) is 5.92 Å². The summed E-state index contributed by atoms with van der Waals surface area (Å²) < 4.78 is 11.6. The van der Waals surface area contributed by atoms with Crippen LogP contribution in [-0.4, -0.2) is 51.8 Å². The molecule has 2 aliphatic heterocycles. The van der Waals surface area contributed by atoms with E-state index in [4.69, 9.17) is 9.15 Å². The fourth-order valence-electron chi connectivity index (χ4n) is 3.88. The lowest BCUT2D eigenvalue weighted by Gasteiger charge is -2.44. The Bertz CT molecular complexity index is 733. The van der Waals surface area contributed by atoms with Crippen LogP contribution in [0.25, 0.3) is 0 Å². The Hall–Kier alpha value is -2.28. The number of hydrogen-bond acceptors (Lipinski definition) is 6. The summed E-state index contributed by atoms with van der Waals surface area (Å²) in [5.74, 6) is 1.73. The zero-order valence-corrected chi connectivity index (χ0v) is 14.3. The first-order valence-corrected chi connectivity index (χ1v) is 8.80. The molecule has 2 saturated heterocycles. The molecular weight excluding hydrogens is 320 g/mol. The number of amides is 1. The molecule has 0 bridgehead atoms. The van der Waals surface area contributed by atoms with E-state index in [1.807, 2.05) is 23.1 Å². The number of rotatable bonds is 3. The summed E-state index contributed by atoms with van der Waals surface area (Å²) in [4.78, 5) is 18.9. The standard InChI is InChI=1S/C18H22N4O3/c1-12-20-21-18(25-12)14-6-9-24-16-5-8-22(11-15(14)16)17(23)10-13-4-2-3-7-19-13/h2-4,7,14-16H,5-6,8-11H2,1H3/t14-,15-,16-/m1/s1. The summed E-state index contributed by atoms with van der Waals surface area (Å²) in [5, 5.41) is 8.18. The van der Waals surface area contributed by atoms with Gasteiger partial charge in [-0.15, -0.1) is 10.2 Å². The van der Waals surface area contributed by atoms with Gasteiger partial charge in [0, 0.05) is 50.3 Å². The molecule has 0 aliphatic carbocycles. The van der Waals surface area contributed by atoms with Crippen LogP contribution in [0.3, 0.4) is 0 Å². The third kappa shape index (κ3) is 3.42. The second-order valence-corrected chi connectivity index (χ2v) is 6.75. The summed E-state index contributed by atoms with van der Waals surface area (Å²) in [5.41, 5.74) is 0.804. The average Bonchev–Trinajstić information content (AvgIpc) is 3.08. The van der Waals surface area contributed by atoms with Crippen LogP contribution in [0.15, 0.2) is 28.8 Å². The highest BCUT2D eigenvalue weighted by Crippen LogP contribution is 2.39. The molecule has 0 aromatic carbocycles. The van der Waals surface area contributed by atoms with Crippen molar-refractivity contribution in [3.05, 3.63) is 41.9 Å². The molecule has 0 radical (unpaired) electrons. The first kappa shape index (κ1) is 16.2. The van der Waals surface area contributed by atoms with Crippen LogP contribution in [0, 0.1) is 12.8 Å². The van der Waals surface area contributed by atoms with Gasteiger partial charge >= 0.3 is 0 Å². The van der Waals surface area contributed by atoms with E-state index in [1.54, 1.807) is 13.1 Å². The zero-order valence-electron chi connectivity index (χ0n) is 14.3. The van der Waals surface area contributed by atoms with Gasteiger partial charge in [-0.1, -0.05) is 6.07 Å². The number of ether oxygens (including phenoxy) is 1. The van der Waals surface area contributed by atoms with E-state index in [1.165, 1.54) is 0 Å². The number of fused-ring (bicyclic) bond motifs is 1. The molecule has 7 heteroatoms. The van der Waals surface area contributed by atoms with Gasteiger partial charge in [-0.2, -0.15) is 0 Å². The molecule has 2 aromatic heterocycles. The first-order valence-electron chi connectivity index (χ1n) is 8.80. The molecule has 0 N–H and O–H groups in total. The lowest BCUT2D eigenvalue weighted by atomic mass is 9.79.